The van der Waals surface area contributed by atoms with Crippen LogP contribution >= 0.6 is 11.8 Å². The Kier molecular flexibility index (Phi) is 8.15. The van der Waals surface area contributed by atoms with E-state index in [-0.39, 0.29) is 5.97 Å². The second-order valence-corrected chi connectivity index (χ2v) is 6.19. The van der Waals surface area contributed by atoms with Gasteiger partial charge in [0.15, 0.2) is 5.16 Å². The number of carbonyl (C=O) groups excluding carboxylic acids is 1. The Morgan fingerprint density at radius 3 is 2.31 bits per heavy atom. The minimum atomic E-state index is -0.447. The lowest BCUT2D eigenvalue weighted by Crippen LogP contribution is -2.15. The van der Waals surface area contributed by atoms with Crippen LogP contribution in [0.4, 0.5) is 0 Å². The average molecular weight is 378 g/mol. The van der Waals surface area contributed by atoms with Crippen LogP contribution in [0.1, 0.15) is 48.7 Å². The third-order valence-electron chi connectivity index (χ3n) is 3.72. The molecule has 0 aliphatic carbocycles. The number of hydrogen-bond donors (Lipinski definition) is 0. The van der Waals surface area contributed by atoms with Gasteiger partial charge < -0.3 is 18.8 Å². The first-order chi connectivity index (χ1) is 12.6. The van der Waals surface area contributed by atoms with Crippen molar-refractivity contribution in [1.82, 2.24) is 9.55 Å². The van der Waals surface area contributed by atoms with Crippen molar-refractivity contribution in [2.45, 2.75) is 38.8 Å². The molecule has 1 aromatic heterocycles. The lowest BCUT2D eigenvalue weighted by Gasteiger charge is -2.19. The maximum Gasteiger partial charge on any atom is 0.338 e. The lowest BCUT2D eigenvalue weighted by atomic mass is 10.1. The fourth-order valence-corrected chi connectivity index (χ4v) is 3.09. The lowest BCUT2D eigenvalue weighted by molar-refractivity contribution is -0.144. The van der Waals surface area contributed by atoms with Crippen molar-refractivity contribution in [3.05, 3.63) is 47.3 Å². The summed E-state index contributed by atoms with van der Waals surface area (Å²) in [5.74, 6) is -0.306. The Hall–Kier alpha value is -1.83. The monoisotopic (exact) mass is 378 g/mol. The quantitative estimate of drug-likeness (QED) is 0.355. The van der Waals surface area contributed by atoms with Gasteiger partial charge in [-0.05, 0) is 44.7 Å². The van der Waals surface area contributed by atoms with Crippen LogP contribution in [-0.4, -0.2) is 41.6 Å². The molecule has 0 saturated carbocycles. The van der Waals surface area contributed by atoms with Crippen molar-refractivity contribution >= 4 is 17.7 Å². The van der Waals surface area contributed by atoms with Crippen LogP contribution in [0.2, 0.25) is 0 Å². The van der Waals surface area contributed by atoms with E-state index in [1.54, 1.807) is 37.0 Å². The number of carbonyl (C=O) groups is 1. The maximum absolute atomic E-state index is 11.8. The molecule has 0 aliphatic heterocycles. The molecule has 0 aliphatic rings. The molecule has 7 heteroatoms. The van der Waals surface area contributed by atoms with Crippen LogP contribution in [0.25, 0.3) is 0 Å². The number of aromatic nitrogens is 2. The molecule has 0 spiro atoms. The number of hydrogen-bond acceptors (Lipinski definition) is 6. The second-order valence-electron chi connectivity index (χ2n) is 5.42. The van der Waals surface area contributed by atoms with Crippen LogP contribution in [-0.2, 0) is 20.8 Å². The van der Waals surface area contributed by atoms with Gasteiger partial charge in [-0.15, -0.1) is 0 Å². The molecule has 0 radical (unpaired) electrons. The van der Waals surface area contributed by atoms with Gasteiger partial charge in [-0.25, -0.2) is 9.78 Å². The van der Waals surface area contributed by atoms with Gasteiger partial charge in [-0.1, -0.05) is 23.9 Å². The highest BCUT2D eigenvalue weighted by atomic mass is 32.2. The molecule has 0 fully saturated rings. The smallest absolute Gasteiger partial charge is 0.338 e. The largest absolute Gasteiger partial charge is 0.462 e. The van der Waals surface area contributed by atoms with Gasteiger partial charge in [0.1, 0.15) is 0 Å². The van der Waals surface area contributed by atoms with E-state index in [9.17, 15) is 4.79 Å². The van der Waals surface area contributed by atoms with Crippen LogP contribution < -0.4 is 0 Å². The summed E-state index contributed by atoms with van der Waals surface area (Å²) in [6, 6.07) is 7.42. The maximum atomic E-state index is 11.8. The van der Waals surface area contributed by atoms with Crippen LogP contribution in [0.3, 0.4) is 0 Å². The highest BCUT2D eigenvalue weighted by molar-refractivity contribution is 7.98. The summed E-state index contributed by atoms with van der Waals surface area (Å²) < 4.78 is 18.6. The molecule has 0 unspecified atom stereocenters. The van der Waals surface area contributed by atoms with Gasteiger partial charge in [0, 0.05) is 13.2 Å². The summed E-state index contributed by atoms with van der Waals surface area (Å²) in [5, 5.41) is 0.888. The number of rotatable bonds is 10. The molecule has 6 nitrogen and oxygen atoms in total. The molecule has 26 heavy (non-hydrogen) atoms. The minimum absolute atomic E-state index is 0.306. The highest BCUT2D eigenvalue weighted by Gasteiger charge is 2.20. The zero-order valence-corrected chi connectivity index (χ0v) is 16.5. The number of thioether (sulfide) groups is 1. The fourth-order valence-electron chi connectivity index (χ4n) is 2.55. The fraction of sp³-hybridized carbons (Fsp3) is 0.474. The van der Waals surface area contributed by atoms with E-state index in [0.717, 1.165) is 16.4 Å². The predicted octanol–water partition coefficient (Wildman–Crippen LogP) is 3.90. The Balaban J connectivity index is 2.25. The van der Waals surface area contributed by atoms with Crippen molar-refractivity contribution in [2.24, 2.45) is 0 Å². The molecule has 2 rings (SSSR count). The molecule has 0 atom stereocenters. The Bertz CT molecular complexity index is 694. The van der Waals surface area contributed by atoms with Gasteiger partial charge >= 0.3 is 5.97 Å². The van der Waals surface area contributed by atoms with E-state index < -0.39 is 6.29 Å². The first kappa shape index (κ1) is 20.5. The second kappa shape index (κ2) is 10.4. The van der Waals surface area contributed by atoms with Crippen molar-refractivity contribution in [2.75, 3.05) is 26.1 Å². The van der Waals surface area contributed by atoms with Crippen LogP contribution in [0, 0.1) is 0 Å². The van der Waals surface area contributed by atoms with Gasteiger partial charge in [-0.2, -0.15) is 0 Å². The molecule has 0 N–H and O–H groups in total. The van der Waals surface area contributed by atoms with Crippen LogP contribution in [0.15, 0.2) is 35.6 Å². The van der Waals surface area contributed by atoms with E-state index in [4.69, 9.17) is 14.2 Å². The Morgan fingerprint density at radius 1 is 1.12 bits per heavy atom. The van der Waals surface area contributed by atoms with Gasteiger partial charge in [-0.3, -0.25) is 0 Å². The van der Waals surface area contributed by atoms with Crippen molar-refractivity contribution in [3.8, 4) is 0 Å². The van der Waals surface area contributed by atoms with Crippen molar-refractivity contribution in [3.63, 3.8) is 0 Å². The highest BCUT2D eigenvalue weighted by Crippen LogP contribution is 2.25. The summed E-state index contributed by atoms with van der Waals surface area (Å²) in [4.78, 5) is 16.3. The molecule has 1 heterocycles. The number of benzene rings is 1. The third-order valence-corrected chi connectivity index (χ3v) is 4.41. The van der Waals surface area contributed by atoms with Crippen molar-refractivity contribution < 1.29 is 19.0 Å². The van der Waals surface area contributed by atoms with Gasteiger partial charge in [0.2, 0.25) is 6.29 Å². The number of esters is 1. The topological polar surface area (TPSA) is 62.6 Å². The van der Waals surface area contributed by atoms with E-state index in [2.05, 4.69) is 9.55 Å². The van der Waals surface area contributed by atoms with Crippen molar-refractivity contribution in [1.29, 1.82) is 0 Å². The standard InChI is InChI=1S/C19H26N2O4S/c1-5-23-17(22)15-10-8-14(9-11-15)13-21-16(12-20-19(21)26-4)18(24-6-2)25-7-3/h8-12,18H,5-7,13H2,1-4H3. The molecule has 0 bridgehead atoms. The molecule has 0 amide bonds. The summed E-state index contributed by atoms with van der Waals surface area (Å²) in [5.41, 5.74) is 2.49. The molecule has 0 saturated heterocycles. The first-order valence-electron chi connectivity index (χ1n) is 8.73. The Labute approximate surface area is 158 Å². The van der Waals surface area contributed by atoms with Gasteiger partial charge in [0.05, 0.1) is 30.6 Å². The summed E-state index contributed by atoms with van der Waals surface area (Å²) in [6.07, 6.45) is 3.34. The summed E-state index contributed by atoms with van der Waals surface area (Å²) >= 11 is 1.57. The minimum Gasteiger partial charge on any atom is -0.462 e. The third kappa shape index (κ3) is 5.09. The molecular weight excluding hydrogens is 352 g/mol. The first-order valence-corrected chi connectivity index (χ1v) is 9.95. The van der Waals surface area contributed by atoms with E-state index >= 15 is 0 Å². The molecular formula is C19H26N2O4S. The zero-order chi connectivity index (χ0) is 18.9. The number of imidazole rings is 1. The van der Waals surface area contributed by atoms with E-state index in [1.807, 2.05) is 32.2 Å². The summed E-state index contributed by atoms with van der Waals surface area (Å²) in [6.45, 7) is 7.77. The average Bonchev–Trinajstić information content (AvgIpc) is 3.05. The molecule has 142 valence electrons. The van der Waals surface area contributed by atoms with E-state index in [1.165, 1.54) is 0 Å². The normalized spacial score (nSPS) is 11.1. The SMILES string of the molecule is CCOC(=O)c1ccc(Cn2c(C(OCC)OCC)cnc2SC)cc1. The molecule has 1 aromatic carbocycles. The number of nitrogens with zero attached hydrogens (tertiary/aromatic N) is 2. The molecule has 2 aromatic rings. The zero-order valence-electron chi connectivity index (χ0n) is 15.7. The Morgan fingerprint density at radius 2 is 1.77 bits per heavy atom. The van der Waals surface area contributed by atoms with E-state index in [0.29, 0.717) is 31.9 Å². The number of ether oxygens (including phenoxy) is 3. The van der Waals surface area contributed by atoms with Gasteiger partial charge in [0.25, 0.3) is 0 Å². The predicted molar refractivity (Wildman–Crippen MR) is 102 cm³/mol. The van der Waals surface area contributed by atoms with Crippen LogP contribution in [0.5, 0.6) is 0 Å². The summed E-state index contributed by atoms with van der Waals surface area (Å²) in [7, 11) is 0.